The first-order valence-electron chi connectivity index (χ1n) is 6.15. The van der Waals surface area contributed by atoms with Gasteiger partial charge in [0.25, 0.3) is 0 Å². The first-order valence-corrected chi connectivity index (χ1v) is 6.15. The Hall–Kier alpha value is -2.17. The van der Waals surface area contributed by atoms with Crippen molar-refractivity contribution in [3.8, 4) is 17.2 Å². The second kappa shape index (κ2) is 6.84. The molecule has 1 N–H and O–H groups in total. The maximum Gasteiger partial charge on any atom is 0.307 e. The number of hydrogen-bond donors (Lipinski definition) is 1. The Kier molecular flexibility index (Phi) is 5.43. The number of aliphatic carboxylic acids is 1. The van der Waals surface area contributed by atoms with Crippen LogP contribution in [0.25, 0.3) is 0 Å². The van der Waals surface area contributed by atoms with Gasteiger partial charge in [-0.1, -0.05) is 13.0 Å². The highest BCUT2D eigenvalue weighted by molar-refractivity contribution is 5.71. The molecular weight excluding hydrogens is 260 g/mol. The number of allylic oxidation sites excluding steroid dienone is 1. The number of carbonyl (C=O) groups is 1. The van der Waals surface area contributed by atoms with Crippen molar-refractivity contribution in [2.24, 2.45) is 5.92 Å². The minimum absolute atomic E-state index is 0.346. The van der Waals surface area contributed by atoms with E-state index in [1.165, 1.54) is 21.3 Å². The molecule has 5 heteroatoms. The number of methoxy groups -OCH3 is 3. The largest absolute Gasteiger partial charge is 0.493 e. The van der Waals surface area contributed by atoms with Crippen molar-refractivity contribution in [1.82, 2.24) is 0 Å². The zero-order chi connectivity index (χ0) is 15.3. The number of hydrogen-bond acceptors (Lipinski definition) is 4. The topological polar surface area (TPSA) is 65.0 Å². The van der Waals surface area contributed by atoms with E-state index in [2.05, 4.69) is 6.58 Å². The van der Waals surface area contributed by atoms with Gasteiger partial charge < -0.3 is 19.3 Å². The van der Waals surface area contributed by atoms with E-state index in [9.17, 15) is 4.79 Å². The van der Waals surface area contributed by atoms with Crippen LogP contribution in [0, 0.1) is 5.92 Å². The SMILES string of the molecule is C=CC(c1cc(OC)c(OC)c(OC)c1)C(C)C(=O)O. The first-order chi connectivity index (χ1) is 9.49. The van der Waals surface area contributed by atoms with E-state index in [1.54, 1.807) is 25.1 Å². The zero-order valence-corrected chi connectivity index (χ0v) is 12.2. The number of carboxylic acid groups (broad SMARTS) is 1. The summed E-state index contributed by atoms with van der Waals surface area (Å²) >= 11 is 0. The Morgan fingerprint density at radius 2 is 1.70 bits per heavy atom. The van der Waals surface area contributed by atoms with Crippen LogP contribution in [0.4, 0.5) is 0 Å². The van der Waals surface area contributed by atoms with Gasteiger partial charge in [0, 0.05) is 5.92 Å². The van der Waals surface area contributed by atoms with Crippen LogP contribution in [0.1, 0.15) is 18.4 Å². The van der Waals surface area contributed by atoms with E-state index in [0.717, 1.165) is 5.56 Å². The highest BCUT2D eigenvalue weighted by atomic mass is 16.5. The number of carboxylic acids is 1. The van der Waals surface area contributed by atoms with Crippen molar-refractivity contribution in [2.45, 2.75) is 12.8 Å². The molecule has 0 aliphatic heterocycles. The lowest BCUT2D eigenvalue weighted by atomic mass is 9.87. The molecule has 0 saturated carbocycles. The van der Waals surface area contributed by atoms with Gasteiger partial charge in [0.05, 0.1) is 27.2 Å². The van der Waals surface area contributed by atoms with Crippen molar-refractivity contribution in [3.05, 3.63) is 30.4 Å². The van der Waals surface area contributed by atoms with Gasteiger partial charge in [0.1, 0.15) is 0 Å². The molecule has 20 heavy (non-hydrogen) atoms. The van der Waals surface area contributed by atoms with E-state index in [-0.39, 0.29) is 5.92 Å². The first kappa shape index (κ1) is 15.9. The fraction of sp³-hybridized carbons (Fsp3) is 0.400. The lowest BCUT2D eigenvalue weighted by Crippen LogP contribution is -2.17. The summed E-state index contributed by atoms with van der Waals surface area (Å²) < 4.78 is 15.8. The molecule has 0 amide bonds. The summed E-state index contributed by atoms with van der Waals surface area (Å²) in [6.45, 7) is 5.36. The third kappa shape index (κ3) is 3.04. The Bertz CT molecular complexity index is 470. The third-order valence-corrected chi connectivity index (χ3v) is 3.25. The predicted molar refractivity (Wildman–Crippen MR) is 75.8 cm³/mol. The fourth-order valence-corrected chi connectivity index (χ4v) is 2.08. The Labute approximate surface area is 118 Å². The van der Waals surface area contributed by atoms with Gasteiger partial charge in [0.2, 0.25) is 5.75 Å². The van der Waals surface area contributed by atoms with Gasteiger partial charge in [0.15, 0.2) is 11.5 Å². The summed E-state index contributed by atoms with van der Waals surface area (Å²) in [7, 11) is 4.56. The van der Waals surface area contributed by atoms with Crippen LogP contribution in [0.3, 0.4) is 0 Å². The average Bonchev–Trinajstić information content (AvgIpc) is 2.46. The van der Waals surface area contributed by atoms with Crippen molar-refractivity contribution in [3.63, 3.8) is 0 Å². The van der Waals surface area contributed by atoms with Crippen molar-refractivity contribution >= 4 is 5.97 Å². The molecule has 0 heterocycles. The van der Waals surface area contributed by atoms with Gasteiger partial charge >= 0.3 is 5.97 Å². The quantitative estimate of drug-likeness (QED) is 0.778. The summed E-state index contributed by atoms with van der Waals surface area (Å²) in [6.07, 6.45) is 1.61. The Balaban J connectivity index is 3.37. The van der Waals surface area contributed by atoms with E-state index < -0.39 is 11.9 Å². The van der Waals surface area contributed by atoms with Gasteiger partial charge in [-0.3, -0.25) is 4.79 Å². The lowest BCUT2D eigenvalue weighted by Gasteiger charge is -2.20. The maximum absolute atomic E-state index is 11.2. The lowest BCUT2D eigenvalue weighted by molar-refractivity contribution is -0.141. The van der Waals surface area contributed by atoms with Crippen LogP contribution in [-0.2, 0) is 4.79 Å². The molecule has 1 aromatic rings. The number of ether oxygens (including phenoxy) is 3. The smallest absolute Gasteiger partial charge is 0.307 e. The van der Waals surface area contributed by atoms with Crippen LogP contribution >= 0.6 is 0 Å². The molecule has 0 spiro atoms. The van der Waals surface area contributed by atoms with Crippen LogP contribution in [-0.4, -0.2) is 32.4 Å². The number of rotatable bonds is 7. The summed E-state index contributed by atoms with van der Waals surface area (Å²) in [5, 5.41) is 9.16. The molecule has 0 saturated heterocycles. The molecule has 0 radical (unpaired) electrons. The second-order valence-corrected chi connectivity index (χ2v) is 4.35. The Morgan fingerprint density at radius 3 is 2.00 bits per heavy atom. The highest BCUT2D eigenvalue weighted by Crippen LogP contribution is 2.41. The normalized spacial score (nSPS) is 13.2. The summed E-state index contributed by atoms with van der Waals surface area (Å²) in [4.78, 5) is 11.2. The molecule has 2 unspecified atom stereocenters. The molecule has 0 bridgehead atoms. The molecule has 110 valence electrons. The molecule has 1 aromatic carbocycles. The second-order valence-electron chi connectivity index (χ2n) is 4.35. The molecule has 2 atom stereocenters. The zero-order valence-electron chi connectivity index (χ0n) is 12.2. The van der Waals surface area contributed by atoms with Gasteiger partial charge in [-0.25, -0.2) is 0 Å². The Morgan fingerprint density at radius 1 is 1.20 bits per heavy atom. The average molecular weight is 280 g/mol. The van der Waals surface area contributed by atoms with Gasteiger partial charge in [-0.05, 0) is 17.7 Å². The minimum Gasteiger partial charge on any atom is -0.493 e. The van der Waals surface area contributed by atoms with E-state index in [4.69, 9.17) is 19.3 Å². The highest BCUT2D eigenvalue weighted by Gasteiger charge is 2.25. The molecule has 0 fully saturated rings. The van der Waals surface area contributed by atoms with Crippen molar-refractivity contribution in [1.29, 1.82) is 0 Å². The van der Waals surface area contributed by atoms with E-state index in [1.807, 2.05) is 0 Å². The van der Waals surface area contributed by atoms with Crippen LogP contribution in [0.2, 0.25) is 0 Å². The van der Waals surface area contributed by atoms with Crippen LogP contribution in [0.5, 0.6) is 17.2 Å². The van der Waals surface area contributed by atoms with Crippen LogP contribution in [0.15, 0.2) is 24.8 Å². The van der Waals surface area contributed by atoms with Gasteiger partial charge in [-0.15, -0.1) is 6.58 Å². The molecule has 0 aliphatic carbocycles. The third-order valence-electron chi connectivity index (χ3n) is 3.25. The fourth-order valence-electron chi connectivity index (χ4n) is 2.08. The molecule has 0 aliphatic rings. The molecular formula is C15H20O5. The van der Waals surface area contributed by atoms with Crippen molar-refractivity contribution in [2.75, 3.05) is 21.3 Å². The van der Waals surface area contributed by atoms with Crippen molar-refractivity contribution < 1.29 is 24.1 Å². The van der Waals surface area contributed by atoms with Crippen LogP contribution < -0.4 is 14.2 Å². The molecule has 0 aromatic heterocycles. The monoisotopic (exact) mass is 280 g/mol. The minimum atomic E-state index is -0.886. The van der Waals surface area contributed by atoms with Gasteiger partial charge in [-0.2, -0.15) is 0 Å². The summed E-state index contributed by atoms with van der Waals surface area (Å²) in [6, 6.07) is 3.49. The predicted octanol–water partition coefficient (Wildman–Crippen LogP) is 2.70. The summed E-state index contributed by atoms with van der Waals surface area (Å²) in [5.74, 6) is -0.373. The maximum atomic E-state index is 11.2. The molecule has 5 nitrogen and oxygen atoms in total. The number of benzene rings is 1. The van der Waals surface area contributed by atoms with E-state index in [0.29, 0.717) is 17.2 Å². The standard InChI is InChI=1S/C15H20O5/c1-6-11(9(2)15(16)17)10-7-12(18-3)14(20-5)13(8-10)19-4/h6-9,11H,1H2,2-5H3,(H,16,17). The van der Waals surface area contributed by atoms with E-state index >= 15 is 0 Å². The summed E-state index contributed by atoms with van der Waals surface area (Å²) in [5.41, 5.74) is 0.754. The molecule has 1 rings (SSSR count).